The molecule has 0 aliphatic carbocycles. The van der Waals surface area contributed by atoms with Gasteiger partial charge in [0, 0.05) is 0 Å². The van der Waals surface area contributed by atoms with Crippen molar-refractivity contribution in [3.63, 3.8) is 0 Å². The lowest BCUT2D eigenvalue weighted by atomic mass is 10.2. The average molecular weight is 526 g/mol. The lowest BCUT2D eigenvalue weighted by molar-refractivity contribution is -0.145. The van der Waals surface area contributed by atoms with Crippen molar-refractivity contribution in [1.82, 2.24) is 4.90 Å². The third-order valence-electron chi connectivity index (χ3n) is 4.32. The van der Waals surface area contributed by atoms with Crippen molar-refractivity contribution in [3.8, 4) is 11.5 Å². The fourth-order valence-corrected chi connectivity index (χ4v) is 5.00. The fourth-order valence-electron chi connectivity index (χ4n) is 2.88. The van der Waals surface area contributed by atoms with Crippen molar-refractivity contribution in [2.45, 2.75) is 18.7 Å². The maximum atomic E-state index is 12.6. The molecule has 2 aromatic rings. The third kappa shape index (κ3) is 5.91. The maximum absolute atomic E-state index is 12.6. The first-order valence-corrected chi connectivity index (χ1v) is 12.6. The highest BCUT2D eigenvalue weighted by molar-refractivity contribution is 8.18. The molecule has 0 atom stereocenters. The van der Waals surface area contributed by atoms with Gasteiger partial charge in [0.1, 0.15) is 11.4 Å². The van der Waals surface area contributed by atoms with E-state index >= 15 is 0 Å². The molecule has 0 unspecified atom stereocenters. The van der Waals surface area contributed by atoms with Crippen molar-refractivity contribution >= 4 is 56.7 Å². The van der Waals surface area contributed by atoms with Gasteiger partial charge in [-0.25, -0.2) is 0 Å². The standard InChI is InChI=1S/C22H20ClNO8S2/c1-3-30-17-11-14(12-18-21(26)24(22(27)33-18)13-19(25)31-4-2)10-16(23)20(17)32-34(28,29)15-8-6-5-7-9-15/h5-12H,3-4,13H2,1-2H3/b18-12-. The van der Waals surface area contributed by atoms with Gasteiger partial charge in [-0.05, 0) is 61.5 Å². The Morgan fingerprint density at radius 3 is 2.47 bits per heavy atom. The van der Waals surface area contributed by atoms with Crippen LogP contribution in [0.3, 0.4) is 0 Å². The molecule has 34 heavy (non-hydrogen) atoms. The summed E-state index contributed by atoms with van der Waals surface area (Å²) in [5.74, 6) is -1.54. The number of imide groups is 1. The highest BCUT2D eigenvalue weighted by atomic mass is 35.5. The summed E-state index contributed by atoms with van der Waals surface area (Å²) in [7, 11) is -4.18. The van der Waals surface area contributed by atoms with Crippen LogP contribution in [-0.4, -0.2) is 50.2 Å². The van der Waals surface area contributed by atoms with Crippen LogP contribution in [0.1, 0.15) is 19.4 Å². The van der Waals surface area contributed by atoms with E-state index in [9.17, 15) is 22.8 Å². The van der Waals surface area contributed by atoms with Crippen LogP contribution in [0.25, 0.3) is 6.08 Å². The molecule has 1 fully saturated rings. The van der Waals surface area contributed by atoms with Crippen molar-refractivity contribution in [2.24, 2.45) is 0 Å². The van der Waals surface area contributed by atoms with E-state index < -0.39 is 33.8 Å². The van der Waals surface area contributed by atoms with E-state index in [0.717, 1.165) is 4.90 Å². The number of hydrogen-bond acceptors (Lipinski definition) is 9. The van der Waals surface area contributed by atoms with Crippen LogP contribution in [0.15, 0.2) is 52.3 Å². The van der Waals surface area contributed by atoms with E-state index in [1.807, 2.05) is 0 Å². The van der Waals surface area contributed by atoms with Crippen LogP contribution in [0.5, 0.6) is 11.5 Å². The summed E-state index contributed by atoms with van der Waals surface area (Å²) in [5.41, 5.74) is 0.361. The molecule has 2 aromatic carbocycles. The Labute approximate surface area is 205 Å². The number of rotatable bonds is 9. The minimum atomic E-state index is -4.18. The summed E-state index contributed by atoms with van der Waals surface area (Å²) < 4.78 is 40.9. The molecule has 3 rings (SSSR count). The largest absolute Gasteiger partial charge is 0.490 e. The summed E-state index contributed by atoms with van der Waals surface area (Å²) >= 11 is 6.97. The van der Waals surface area contributed by atoms with Crippen molar-refractivity contribution in [2.75, 3.05) is 19.8 Å². The number of ether oxygens (including phenoxy) is 2. The zero-order valence-electron chi connectivity index (χ0n) is 18.1. The van der Waals surface area contributed by atoms with Crippen LogP contribution in [0, 0.1) is 0 Å². The normalized spacial score (nSPS) is 15.0. The summed E-state index contributed by atoms with van der Waals surface area (Å²) in [6.45, 7) is 3.11. The first-order valence-electron chi connectivity index (χ1n) is 10.0. The highest BCUT2D eigenvalue weighted by Gasteiger charge is 2.36. The molecule has 1 aliphatic heterocycles. The molecular formula is C22H20ClNO8S2. The Morgan fingerprint density at radius 1 is 1.12 bits per heavy atom. The number of thioether (sulfide) groups is 1. The Kier molecular flexibility index (Phi) is 8.24. The molecular weight excluding hydrogens is 506 g/mol. The predicted molar refractivity (Wildman–Crippen MR) is 126 cm³/mol. The number of halogens is 1. The highest BCUT2D eigenvalue weighted by Crippen LogP contribution is 2.40. The molecule has 9 nitrogen and oxygen atoms in total. The monoisotopic (exact) mass is 525 g/mol. The van der Waals surface area contributed by atoms with Crippen LogP contribution in [-0.2, 0) is 24.4 Å². The van der Waals surface area contributed by atoms with Gasteiger partial charge in [-0.3, -0.25) is 19.3 Å². The zero-order chi connectivity index (χ0) is 24.9. The molecule has 0 spiro atoms. The van der Waals surface area contributed by atoms with E-state index in [1.54, 1.807) is 32.0 Å². The maximum Gasteiger partial charge on any atom is 0.339 e. The summed E-state index contributed by atoms with van der Waals surface area (Å²) in [5, 5.41) is -0.697. The van der Waals surface area contributed by atoms with Crippen molar-refractivity contribution in [3.05, 3.63) is 58.0 Å². The minimum absolute atomic E-state index is 0.0338. The van der Waals surface area contributed by atoms with E-state index in [1.165, 1.54) is 30.3 Å². The average Bonchev–Trinajstić information content (AvgIpc) is 3.04. The quantitative estimate of drug-likeness (QED) is 0.271. The van der Waals surface area contributed by atoms with Gasteiger partial charge < -0.3 is 13.7 Å². The molecule has 2 amide bonds. The van der Waals surface area contributed by atoms with Crippen LogP contribution in [0.4, 0.5) is 4.79 Å². The van der Waals surface area contributed by atoms with Crippen molar-refractivity contribution in [1.29, 1.82) is 0 Å². The van der Waals surface area contributed by atoms with Gasteiger partial charge in [0.2, 0.25) is 5.75 Å². The summed E-state index contributed by atoms with van der Waals surface area (Å²) in [6, 6.07) is 10.3. The molecule has 1 aliphatic rings. The van der Waals surface area contributed by atoms with Gasteiger partial charge in [0.15, 0.2) is 5.75 Å². The van der Waals surface area contributed by atoms with Gasteiger partial charge in [-0.15, -0.1) is 0 Å². The molecule has 0 radical (unpaired) electrons. The summed E-state index contributed by atoms with van der Waals surface area (Å²) in [6.07, 6.45) is 1.39. The number of esters is 1. The first kappa shape index (κ1) is 25.6. The molecule has 0 aromatic heterocycles. The molecule has 0 bridgehead atoms. The number of carbonyl (C=O) groups is 3. The van der Waals surface area contributed by atoms with Gasteiger partial charge in [0.25, 0.3) is 11.1 Å². The second kappa shape index (κ2) is 10.9. The number of hydrogen-bond donors (Lipinski definition) is 0. The second-order valence-corrected chi connectivity index (χ2v) is 9.63. The van der Waals surface area contributed by atoms with E-state index in [-0.39, 0.29) is 39.5 Å². The SMILES string of the molecule is CCOC(=O)CN1C(=O)S/C(=C\c2cc(Cl)c(OS(=O)(=O)c3ccccc3)c(OCC)c2)C1=O. The number of benzene rings is 2. The van der Waals surface area contributed by atoms with Crippen LogP contribution < -0.4 is 8.92 Å². The Balaban J connectivity index is 1.91. The van der Waals surface area contributed by atoms with E-state index in [4.69, 9.17) is 25.3 Å². The number of carbonyl (C=O) groups excluding carboxylic acids is 3. The van der Waals surface area contributed by atoms with Crippen LogP contribution in [0.2, 0.25) is 5.02 Å². The Bertz CT molecular complexity index is 1250. The zero-order valence-corrected chi connectivity index (χ0v) is 20.5. The van der Waals surface area contributed by atoms with E-state index in [0.29, 0.717) is 17.3 Å². The number of nitrogens with zero attached hydrogens (tertiary/aromatic N) is 1. The first-order chi connectivity index (χ1) is 16.2. The topological polar surface area (TPSA) is 116 Å². The minimum Gasteiger partial charge on any atom is -0.490 e. The lowest BCUT2D eigenvalue weighted by Crippen LogP contribution is -2.34. The van der Waals surface area contributed by atoms with E-state index in [2.05, 4.69) is 0 Å². The van der Waals surface area contributed by atoms with Crippen LogP contribution >= 0.6 is 23.4 Å². The van der Waals surface area contributed by atoms with Gasteiger partial charge in [0.05, 0.1) is 23.1 Å². The molecule has 12 heteroatoms. The molecule has 0 saturated carbocycles. The Morgan fingerprint density at radius 2 is 1.82 bits per heavy atom. The third-order valence-corrected chi connectivity index (χ3v) is 6.74. The molecule has 1 saturated heterocycles. The smallest absolute Gasteiger partial charge is 0.339 e. The molecule has 0 N–H and O–H groups in total. The van der Waals surface area contributed by atoms with Gasteiger partial charge >= 0.3 is 16.1 Å². The molecule has 180 valence electrons. The van der Waals surface area contributed by atoms with Crippen molar-refractivity contribution < 1.29 is 36.5 Å². The lowest BCUT2D eigenvalue weighted by Gasteiger charge is -2.14. The number of amides is 2. The summed E-state index contributed by atoms with van der Waals surface area (Å²) in [4.78, 5) is 37.2. The fraction of sp³-hybridized carbons (Fsp3) is 0.227. The van der Waals surface area contributed by atoms with Gasteiger partial charge in [-0.1, -0.05) is 29.8 Å². The predicted octanol–water partition coefficient (Wildman–Crippen LogP) is 4.11. The Hall–Kier alpha value is -3.02. The molecule has 1 heterocycles. The second-order valence-electron chi connectivity index (χ2n) is 6.69. The van der Waals surface area contributed by atoms with Gasteiger partial charge in [-0.2, -0.15) is 8.42 Å².